The van der Waals surface area contributed by atoms with Crippen LogP contribution in [0.5, 0.6) is 0 Å². The molecule has 4 fully saturated rings. The molecule has 2 bridgehead atoms. The molecule has 29 heavy (non-hydrogen) atoms. The zero-order chi connectivity index (χ0) is 20.2. The number of benzene rings is 1. The second-order valence-corrected chi connectivity index (χ2v) is 11.2. The van der Waals surface area contributed by atoms with Gasteiger partial charge in [0.1, 0.15) is 4.90 Å². The summed E-state index contributed by atoms with van der Waals surface area (Å²) in [6.07, 6.45) is 6.26. The first-order valence-electron chi connectivity index (χ1n) is 10.6. The third-order valence-corrected chi connectivity index (χ3v) is 9.91. The summed E-state index contributed by atoms with van der Waals surface area (Å²) in [5.74, 6) is 2.77. The van der Waals surface area contributed by atoms with E-state index in [1.54, 1.807) is 6.07 Å². The second kappa shape index (κ2) is 7.52. The Bertz CT molecular complexity index is 915. The van der Waals surface area contributed by atoms with Crippen LogP contribution in [0.2, 0.25) is 5.02 Å². The monoisotopic (exact) mass is 438 g/mol. The van der Waals surface area contributed by atoms with Crippen molar-refractivity contribution >= 4 is 27.5 Å². The van der Waals surface area contributed by atoms with E-state index in [0.29, 0.717) is 37.8 Å². The van der Waals surface area contributed by atoms with Gasteiger partial charge in [-0.15, -0.1) is 0 Å². The Morgan fingerprint density at radius 2 is 1.86 bits per heavy atom. The lowest BCUT2D eigenvalue weighted by atomic mass is 9.79. The highest BCUT2D eigenvalue weighted by molar-refractivity contribution is 7.89. The molecule has 0 aromatic heterocycles. The van der Waals surface area contributed by atoms with E-state index >= 15 is 0 Å². The van der Waals surface area contributed by atoms with Crippen LogP contribution >= 0.6 is 11.6 Å². The Balaban J connectivity index is 1.34. The van der Waals surface area contributed by atoms with Gasteiger partial charge in [-0.1, -0.05) is 18.0 Å². The minimum Gasteiger partial charge on any atom is -0.379 e. The smallest absolute Gasteiger partial charge is 0.251 e. The fraction of sp³-hybridized carbons (Fsp3) is 0.667. The predicted molar refractivity (Wildman–Crippen MR) is 109 cm³/mol. The van der Waals surface area contributed by atoms with E-state index in [9.17, 15) is 13.2 Å². The minimum absolute atomic E-state index is 0.00230. The number of sulfonamides is 1. The average Bonchev–Trinajstić information content (AvgIpc) is 3.42. The Morgan fingerprint density at radius 3 is 2.66 bits per heavy atom. The van der Waals surface area contributed by atoms with Crippen molar-refractivity contribution in [3.05, 3.63) is 28.8 Å². The molecular weight excluding hydrogens is 412 g/mol. The molecule has 3 aliphatic carbocycles. The summed E-state index contributed by atoms with van der Waals surface area (Å²) < 4.78 is 32.6. The lowest BCUT2D eigenvalue weighted by Crippen LogP contribution is -2.42. The zero-order valence-electron chi connectivity index (χ0n) is 16.3. The molecule has 1 aromatic carbocycles. The Hall–Kier alpha value is -1.15. The van der Waals surface area contributed by atoms with Crippen molar-refractivity contribution in [3.63, 3.8) is 0 Å². The summed E-state index contributed by atoms with van der Waals surface area (Å²) in [5, 5.41) is 3.35. The minimum atomic E-state index is -3.75. The van der Waals surface area contributed by atoms with Crippen molar-refractivity contribution in [3.8, 4) is 0 Å². The molecule has 3 saturated carbocycles. The van der Waals surface area contributed by atoms with E-state index in [1.165, 1.54) is 42.1 Å². The van der Waals surface area contributed by atoms with Gasteiger partial charge in [-0.2, -0.15) is 4.31 Å². The van der Waals surface area contributed by atoms with Crippen LogP contribution in [0.15, 0.2) is 23.1 Å². The van der Waals surface area contributed by atoms with Gasteiger partial charge in [0.25, 0.3) is 5.91 Å². The lowest BCUT2D eigenvalue weighted by molar-refractivity contribution is 0.0730. The molecule has 1 heterocycles. The quantitative estimate of drug-likeness (QED) is 0.784. The molecular formula is C21H27ClN2O4S. The molecule has 1 aromatic rings. The summed E-state index contributed by atoms with van der Waals surface area (Å²) in [4.78, 5) is 13.0. The van der Waals surface area contributed by atoms with Gasteiger partial charge in [0.05, 0.1) is 18.2 Å². The molecule has 1 saturated heterocycles. The molecule has 1 amide bonds. The van der Waals surface area contributed by atoms with Gasteiger partial charge in [-0.05, 0) is 67.6 Å². The molecule has 0 radical (unpaired) electrons. The Kier molecular flexibility index (Phi) is 5.13. The number of ether oxygens (including phenoxy) is 1. The van der Waals surface area contributed by atoms with Crippen molar-refractivity contribution in [1.82, 2.24) is 9.62 Å². The predicted octanol–water partition coefficient (Wildman–Crippen LogP) is 2.92. The van der Waals surface area contributed by atoms with E-state index in [0.717, 1.165) is 24.2 Å². The van der Waals surface area contributed by atoms with E-state index in [4.69, 9.17) is 16.3 Å². The van der Waals surface area contributed by atoms with Gasteiger partial charge < -0.3 is 10.1 Å². The van der Waals surface area contributed by atoms with Crippen LogP contribution in [-0.2, 0) is 14.8 Å². The van der Waals surface area contributed by atoms with Crippen LogP contribution in [-0.4, -0.2) is 51.0 Å². The van der Waals surface area contributed by atoms with Crippen LogP contribution in [0, 0.1) is 23.7 Å². The van der Waals surface area contributed by atoms with E-state index in [-0.39, 0.29) is 21.9 Å². The SMILES string of the molecule is O=C(NC1CC2CC1C1CCCC21)c1ccc(Cl)c(S(=O)(=O)N2CCOCC2)c1. The average molecular weight is 439 g/mol. The fourth-order valence-electron chi connectivity index (χ4n) is 6.25. The number of rotatable bonds is 4. The molecule has 158 valence electrons. The first-order chi connectivity index (χ1) is 13.9. The highest BCUT2D eigenvalue weighted by atomic mass is 35.5. The van der Waals surface area contributed by atoms with Gasteiger partial charge in [0, 0.05) is 24.7 Å². The molecule has 5 unspecified atom stereocenters. The maximum atomic E-state index is 13.0. The van der Waals surface area contributed by atoms with E-state index in [2.05, 4.69) is 5.32 Å². The summed E-state index contributed by atoms with van der Waals surface area (Å²) in [5.41, 5.74) is 0.354. The van der Waals surface area contributed by atoms with Crippen LogP contribution in [0.1, 0.15) is 42.5 Å². The molecule has 1 aliphatic heterocycles. The van der Waals surface area contributed by atoms with Crippen LogP contribution < -0.4 is 5.32 Å². The molecule has 0 spiro atoms. The van der Waals surface area contributed by atoms with Crippen LogP contribution in [0.3, 0.4) is 0 Å². The normalized spacial score (nSPS) is 34.3. The highest BCUT2D eigenvalue weighted by Crippen LogP contribution is 2.58. The number of hydrogen-bond acceptors (Lipinski definition) is 4. The van der Waals surface area contributed by atoms with Gasteiger partial charge in [-0.25, -0.2) is 8.42 Å². The van der Waals surface area contributed by atoms with Gasteiger partial charge >= 0.3 is 0 Å². The lowest BCUT2D eigenvalue weighted by Gasteiger charge is -2.32. The first-order valence-corrected chi connectivity index (χ1v) is 12.5. The molecule has 6 nitrogen and oxygen atoms in total. The van der Waals surface area contributed by atoms with Crippen molar-refractivity contribution < 1.29 is 17.9 Å². The highest BCUT2D eigenvalue weighted by Gasteiger charge is 2.54. The van der Waals surface area contributed by atoms with Crippen LogP contribution in [0.25, 0.3) is 0 Å². The Morgan fingerprint density at radius 1 is 1.10 bits per heavy atom. The zero-order valence-corrected chi connectivity index (χ0v) is 17.9. The number of nitrogens with zero attached hydrogens (tertiary/aromatic N) is 1. The number of halogens is 1. The van der Waals surface area contributed by atoms with E-state index < -0.39 is 10.0 Å². The summed E-state index contributed by atoms with van der Waals surface area (Å²) in [7, 11) is -3.75. The summed E-state index contributed by atoms with van der Waals surface area (Å²) in [6.45, 7) is 1.32. The van der Waals surface area contributed by atoms with Crippen molar-refractivity contribution in [2.45, 2.75) is 43.0 Å². The van der Waals surface area contributed by atoms with Gasteiger partial charge in [-0.3, -0.25) is 4.79 Å². The Labute approximate surface area is 177 Å². The van der Waals surface area contributed by atoms with Crippen LogP contribution in [0.4, 0.5) is 0 Å². The number of morpholine rings is 1. The molecule has 5 rings (SSSR count). The third kappa shape index (κ3) is 3.40. The van der Waals surface area contributed by atoms with Crippen molar-refractivity contribution in [2.75, 3.05) is 26.3 Å². The fourth-order valence-corrected chi connectivity index (χ4v) is 8.16. The largest absolute Gasteiger partial charge is 0.379 e. The van der Waals surface area contributed by atoms with Gasteiger partial charge in [0.2, 0.25) is 10.0 Å². The maximum Gasteiger partial charge on any atom is 0.251 e. The number of amides is 1. The topological polar surface area (TPSA) is 75.7 Å². The first kappa shape index (κ1) is 19.8. The molecule has 1 N–H and O–H groups in total. The third-order valence-electron chi connectivity index (χ3n) is 7.53. The molecule has 8 heteroatoms. The summed E-state index contributed by atoms with van der Waals surface area (Å²) in [6, 6.07) is 4.76. The number of carbonyl (C=O) groups is 1. The van der Waals surface area contributed by atoms with Crippen molar-refractivity contribution in [2.24, 2.45) is 23.7 Å². The maximum absolute atomic E-state index is 13.0. The number of hydrogen-bond donors (Lipinski definition) is 1. The molecule has 5 atom stereocenters. The number of nitrogens with one attached hydrogen (secondary N) is 1. The van der Waals surface area contributed by atoms with Crippen molar-refractivity contribution in [1.29, 1.82) is 0 Å². The van der Waals surface area contributed by atoms with E-state index in [1.807, 2.05) is 0 Å². The standard InChI is InChI=1S/C21H27ClN2O4S/c22-18-5-4-13(12-20(18)29(26,27)24-6-8-28-9-7-24)21(25)23-19-11-14-10-17(19)16-3-1-2-15(14)16/h4-5,12,14-17,19H,1-3,6-11H2,(H,23,25). The van der Waals surface area contributed by atoms with Gasteiger partial charge in [0.15, 0.2) is 0 Å². The number of fused-ring (bicyclic) bond motifs is 5. The molecule has 4 aliphatic rings. The summed E-state index contributed by atoms with van der Waals surface area (Å²) >= 11 is 6.22. The number of carbonyl (C=O) groups excluding carboxylic acids is 1. The second-order valence-electron chi connectivity index (χ2n) is 8.90.